The summed E-state index contributed by atoms with van der Waals surface area (Å²) in [4.78, 5) is 2.13. The Morgan fingerprint density at radius 3 is 2.87 bits per heavy atom. The van der Waals surface area contributed by atoms with Gasteiger partial charge in [0.05, 0.1) is 5.69 Å². The van der Waals surface area contributed by atoms with Gasteiger partial charge in [-0.2, -0.15) is 5.10 Å². The number of aryl methyl sites for hydroxylation is 2. The Hall–Kier alpha value is -2.08. The SMILES string of the molecule is Cc1cccc(F)c1N1CCC(C)(NCc2cn(C)nc2N)C1. The first-order chi connectivity index (χ1) is 10.9. The van der Waals surface area contributed by atoms with Crippen LogP contribution >= 0.6 is 0 Å². The Labute approximate surface area is 136 Å². The predicted octanol–water partition coefficient (Wildman–Crippen LogP) is 2.21. The Kier molecular flexibility index (Phi) is 4.02. The highest BCUT2D eigenvalue weighted by Gasteiger charge is 2.35. The lowest BCUT2D eigenvalue weighted by Gasteiger charge is -2.28. The van der Waals surface area contributed by atoms with Crippen molar-refractivity contribution in [3.63, 3.8) is 0 Å². The van der Waals surface area contributed by atoms with Crippen molar-refractivity contribution in [2.75, 3.05) is 23.7 Å². The summed E-state index contributed by atoms with van der Waals surface area (Å²) in [5, 5.41) is 7.73. The quantitative estimate of drug-likeness (QED) is 0.908. The summed E-state index contributed by atoms with van der Waals surface area (Å²) in [7, 11) is 1.86. The molecule has 0 spiro atoms. The molecule has 1 aliphatic rings. The van der Waals surface area contributed by atoms with Gasteiger partial charge < -0.3 is 16.0 Å². The number of rotatable bonds is 4. The fourth-order valence-electron chi connectivity index (χ4n) is 3.32. The van der Waals surface area contributed by atoms with Gasteiger partial charge in [-0.3, -0.25) is 4.68 Å². The lowest BCUT2D eigenvalue weighted by molar-refractivity contribution is 0.389. The molecule has 5 nitrogen and oxygen atoms in total. The third-order valence-electron chi connectivity index (χ3n) is 4.62. The molecule has 1 aliphatic heterocycles. The van der Waals surface area contributed by atoms with E-state index in [0.29, 0.717) is 12.4 Å². The zero-order valence-corrected chi connectivity index (χ0v) is 13.9. The number of nitrogens with zero attached hydrogens (tertiary/aromatic N) is 3. The zero-order valence-electron chi connectivity index (χ0n) is 13.9. The molecule has 0 saturated carbocycles. The largest absolute Gasteiger partial charge is 0.382 e. The van der Waals surface area contributed by atoms with Crippen molar-refractivity contribution in [3.05, 3.63) is 41.3 Å². The maximum Gasteiger partial charge on any atom is 0.149 e. The van der Waals surface area contributed by atoms with Gasteiger partial charge >= 0.3 is 0 Å². The van der Waals surface area contributed by atoms with E-state index < -0.39 is 0 Å². The highest BCUT2D eigenvalue weighted by atomic mass is 19.1. The number of nitrogen functional groups attached to an aromatic ring is 1. The van der Waals surface area contributed by atoms with Gasteiger partial charge in [0, 0.05) is 44.0 Å². The van der Waals surface area contributed by atoms with Crippen LogP contribution in [0.3, 0.4) is 0 Å². The molecule has 23 heavy (non-hydrogen) atoms. The fourth-order valence-corrected chi connectivity index (χ4v) is 3.32. The number of hydrogen-bond donors (Lipinski definition) is 2. The summed E-state index contributed by atoms with van der Waals surface area (Å²) in [6.07, 6.45) is 2.89. The zero-order chi connectivity index (χ0) is 16.6. The first-order valence-electron chi connectivity index (χ1n) is 7.91. The monoisotopic (exact) mass is 317 g/mol. The second-order valence-electron chi connectivity index (χ2n) is 6.70. The van der Waals surface area contributed by atoms with E-state index >= 15 is 0 Å². The fraction of sp³-hybridized carbons (Fsp3) is 0.471. The van der Waals surface area contributed by atoms with E-state index in [1.54, 1.807) is 10.7 Å². The molecule has 0 radical (unpaired) electrons. The van der Waals surface area contributed by atoms with E-state index in [1.165, 1.54) is 6.07 Å². The van der Waals surface area contributed by atoms with Gasteiger partial charge in [-0.15, -0.1) is 0 Å². The normalized spacial score (nSPS) is 21.1. The molecule has 1 aromatic carbocycles. The van der Waals surface area contributed by atoms with Crippen molar-refractivity contribution < 1.29 is 4.39 Å². The number of nitrogens with one attached hydrogen (secondary N) is 1. The minimum atomic E-state index is -0.147. The Morgan fingerprint density at radius 1 is 1.43 bits per heavy atom. The number of para-hydroxylation sites is 1. The molecule has 6 heteroatoms. The highest BCUT2D eigenvalue weighted by Crippen LogP contribution is 2.31. The average molecular weight is 317 g/mol. The van der Waals surface area contributed by atoms with Gasteiger partial charge in [0.25, 0.3) is 0 Å². The van der Waals surface area contributed by atoms with Gasteiger partial charge in [-0.1, -0.05) is 12.1 Å². The minimum Gasteiger partial charge on any atom is -0.382 e. The molecule has 2 heterocycles. The number of halogens is 1. The van der Waals surface area contributed by atoms with Crippen LogP contribution in [0.5, 0.6) is 0 Å². The van der Waals surface area contributed by atoms with E-state index in [2.05, 4.69) is 22.2 Å². The number of hydrogen-bond acceptors (Lipinski definition) is 4. The minimum absolute atomic E-state index is 0.0724. The van der Waals surface area contributed by atoms with Crippen molar-refractivity contribution in [2.24, 2.45) is 7.05 Å². The maximum absolute atomic E-state index is 14.2. The molecule has 0 bridgehead atoms. The number of aromatic nitrogens is 2. The molecule has 0 aliphatic carbocycles. The summed E-state index contributed by atoms with van der Waals surface area (Å²) in [6.45, 7) is 6.41. The van der Waals surface area contributed by atoms with Gasteiger partial charge in [0.2, 0.25) is 0 Å². The van der Waals surface area contributed by atoms with Crippen molar-refractivity contribution in [3.8, 4) is 0 Å². The summed E-state index contributed by atoms with van der Waals surface area (Å²) in [6, 6.07) is 5.24. The predicted molar refractivity (Wildman–Crippen MR) is 90.8 cm³/mol. The van der Waals surface area contributed by atoms with Crippen molar-refractivity contribution in [2.45, 2.75) is 32.4 Å². The van der Waals surface area contributed by atoms with Gasteiger partial charge in [-0.05, 0) is 31.9 Å². The molecular formula is C17H24FN5. The number of benzene rings is 1. The Morgan fingerprint density at radius 2 is 2.22 bits per heavy atom. The second-order valence-corrected chi connectivity index (χ2v) is 6.70. The second kappa shape index (κ2) is 5.85. The molecule has 1 unspecified atom stereocenters. The highest BCUT2D eigenvalue weighted by molar-refractivity contribution is 5.55. The third kappa shape index (κ3) is 3.17. The Bertz CT molecular complexity index is 691. The first kappa shape index (κ1) is 15.8. The van der Waals surface area contributed by atoms with E-state index in [1.807, 2.05) is 26.2 Å². The molecular weight excluding hydrogens is 293 g/mol. The van der Waals surface area contributed by atoms with Crippen LogP contribution in [0, 0.1) is 12.7 Å². The lowest BCUT2D eigenvalue weighted by atomic mass is 10.0. The van der Waals surface area contributed by atoms with Gasteiger partial charge in [0.15, 0.2) is 0 Å². The van der Waals surface area contributed by atoms with Crippen LogP contribution in [0.15, 0.2) is 24.4 Å². The summed E-state index contributed by atoms with van der Waals surface area (Å²) >= 11 is 0. The molecule has 1 saturated heterocycles. The van der Waals surface area contributed by atoms with Gasteiger partial charge in [-0.25, -0.2) is 4.39 Å². The van der Waals surface area contributed by atoms with E-state index in [-0.39, 0.29) is 11.4 Å². The molecule has 0 amide bonds. The Balaban J connectivity index is 1.69. The molecule has 1 atom stereocenters. The van der Waals surface area contributed by atoms with E-state index in [4.69, 9.17) is 5.73 Å². The molecule has 1 fully saturated rings. The van der Waals surface area contributed by atoms with Crippen LogP contribution in [0.2, 0.25) is 0 Å². The van der Waals surface area contributed by atoms with Crippen LogP contribution in [-0.2, 0) is 13.6 Å². The molecule has 3 rings (SSSR count). The number of nitrogens with two attached hydrogens (primary N) is 1. The van der Waals surface area contributed by atoms with Crippen LogP contribution in [0.4, 0.5) is 15.9 Å². The van der Waals surface area contributed by atoms with Crippen molar-refractivity contribution >= 4 is 11.5 Å². The van der Waals surface area contributed by atoms with Crippen LogP contribution < -0.4 is 16.0 Å². The summed E-state index contributed by atoms with van der Waals surface area (Å²) in [5.41, 5.74) is 8.52. The van der Waals surface area contributed by atoms with Crippen molar-refractivity contribution in [1.29, 1.82) is 0 Å². The number of anilines is 2. The molecule has 2 aromatic rings. The summed E-state index contributed by atoms with van der Waals surface area (Å²) < 4.78 is 15.9. The maximum atomic E-state index is 14.2. The van der Waals surface area contributed by atoms with E-state index in [0.717, 1.165) is 36.3 Å². The van der Waals surface area contributed by atoms with Crippen molar-refractivity contribution in [1.82, 2.24) is 15.1 Å². The molecule has 124 valence electrons. The van der Waals surface area contributed by atoms with Crippen LogP contribution in [-0.4, -0.2) is 28.4 Å². The van der Waals surface area contributed by atoms with Crippen LogP contribution in [0.25, 0.3) is 0 Å². The topological polar surface area (TPSA) is 59.1 Å². The lowest BCUT2D eigenvalue weighted by Crippen LogP contribution is -2.44. The van der Waals surface area contributed by atoms with E-state index in [9.17, 15) is 4.39 Å². The standard InChI is InChI=1S/C17H24FN5/c1-12-5-4-6-14(18)15(12)23-8-7-17(2,11-23)20-9-13-10-22(3)21-16(13)19/h4-6,10,20H,7-9,11H2,1-3H3,(H2,19,21). The third-order valence-corrected chi connectivity index (χ3v) is 4.62. The molecule has 3 N–H and O–H groups in total. The first-order valence-corrected chi connectivity index (χ1v) is 7.91. The smallest absolute Gasteiger partial charge is 0.149 e. The van der Waals surface area contributed by atoms with Gasteiger partial charge in [0.1, 0.15) is 11.6 Å². The average Bonchev–Trinajstić information content (AvgIpc) is 3.00. The summed E-state index contributed by atoms with van der Waals surface area (Å²) in [5.74, 6) is 0.411. The van der Waals surface area contributed by atoms with Crippen LogP contribution in [0.1, 0.15) is 24.5 Å². The molecule has 1 aromatic heterocycles.